The fraction of sp³-hybridized carbons (Fsp3) is 0.300. The van der Waals surface area contributed by atoms with Gasteiger partial charge in [-0.3, -0.25) is 9.59 Å². The molecule has 0 heterocycles. The number of carboxylic acid groups (broad SMARTS) is 1. The zero-order valence-electron chi connectivity index (χ0n) is 16.0. The van der Waals surface area contributed by atoms with E-state index in [4.69, 9.17) is 22.1 Å². The molecule has 150 valence electrons. The van der Waals surface area contributed by atoms with Crippen LogP contribution in [0.4, 0.5) is 11.4 Å². The number of hydrogen-bond donors (Lipinski definition) is 3. The highest BCUT2D eigenvalue weighted by Gasteiger charge is 2.22. The summed E-state index contributed by atoms with van der Waals surface area (Å²) in [5, 5.41) is 12.9. The van der Waals surface area contributed by atoms with Crippen molar-refractivity contribution in [1.82, 2.24) is 4.90 Å². The lowest BCUT2D eigenvalue weighted by atomic mass is 9.87. The van der Waals surface area contributed by atoms with Crippen LogP contribution in [0.15, 0.2) is 30.3 Å². The van der Waals surface area contributed by atoms with Crippen molar-refractivity contribution in [3.63, 3.8) is 0 Å². The lowest BCUT2D eigenvalue weighted by Gasteiger charge is -2.21. The molecule has 0 aliphatic rings. The number of nitrogens with two attached hydrogens (primary N) is 1. The molecule has 2 rings (SSSR count). The Morgan fingerprint density at radius 2 is 2.07 bits per heavy atom. The van der Waals surface area contributed by atoms with E-state index >= 15 is 0 Å². The summed E-state index contributed by atoms with van der Waals surface area (Å²) in [6.45, 7) is 0.320. The maximum absolute atomic E-state index is 11.5. The second kappa shape index (κ2) is 9.32. The van der Waals surface area contributed by atoms with E-state index < -0.39 is 11.9 Å². The van der Waals surface area contributed by atoms with Crippen LogP contribution < -0.4 is 15.8 Å². The second-order valence-corrected chi connectivity index (χ2v) is 6.87. The van der Waals surface area contributed by atoms with E-state index in [-0.39, 0.29) is 6.42 Å². The molecule has 7 nitrogen and oxygen atoms in total. The summed E-state index contributed by atoms with van der Waals surface area (Å²) in [5.74, 6) is -0.873. The monoisotopic (exact) mass is 405 g/mol. The number of carboxylic acids is 1. The van der Waals surface area contributed by atoms with Gasteiger partial charge in [0.05, 0.1) is 24.9 Å². The van der Waals surface area contributed by atoms with Crippen LogP contribution in [0, 0.1) is 0 Å². The van der Waals surface area contributed by atoms with Crippen LogP contribution in [0.3, 0.4) is 0 Å². The van der Waals surface area contributed by atoms with Crippen molar-refractivity contribution in [2.75, 3.05) is 32.3 Å². The van der Waals surface area contributed by atoms with Crippen molar-refractivity contribution in [2.24, 2.45) is 0 Å². The van der Waals surface area contributed by atoms with Crippen LogP contribution in [0.1, 0.15) is 29.0 Å². The molecule has 0 spiro atoms. The van der Waals surface area contributed by atoms with Crippen molar-refractivity contribution < 1.29 is 19.4 Å². The Labute approximate surface area is 169 Å². The van der Waals surface area contributed by atoms with Gasteiger partial charge in [0, 0.05) is 31.6 Å². The van der Waals surface area contributed by atoms with Crippen LogP contribution in [-0.4, -0.2) is 43.6 Å². The first-order valence-electron chi connectivity index (χ1n) is 8.61. The normalized spacial score (nSPS) is 11.6. The molecule has 1 atom stereocenters. The molecule has 2 aromatic carbocycles. The Morgan fingerprint density at radius 3 is 2.64 bits per heavy atom. The van der Waals surface area contributed by atoms with Gasteiger partial charge in [0.25, 0.3) is 0 Å². The van der Waals surface area contributed by atoms with Crippen molar-refractivity contribution in [2.45, 2.75) is 18.9 Å². The Bertz CT molecular complexity index is 873. The van der Waals surface area contributed by atoms with E-state index in [1.54, 1.807) is 38.4 Å². The predicted octanol–water partition coefficient (Wildman–Crippen LogP) is 3.17. The van der Waals surface area contributed by atoms with Crippen molar-refractivity contribution in [3.8, 4) is 5.75 Å². The van der Waals surface area contributed by atoms with Gasteiger partial charge in [-0.2, -0.15) is 0 Å². The van der Waals surface area contributed by atoms with Crippen LogP contribution in [0.25, 0.3) is 0 Å². The summed E-state index contributed by atoms with van der Waals surface area (Å²) >= 11 is 6.26. The number of amides is 1. The number of methoxy groups -OCH3 is 1. The first-order chi connectivity index (χ1) is 13.3. The number of ether oxygens (including phenoxy) is 1. The van der Waals surface area contributed by atoms with Gasteiger partial charge in [0.1, 0.15) is 5.75 Å². The van der Waals surface area contributed by atoms with Gasteiger partial charge >= 0.3 is 5.97 Å². The van der Waals surface area contributed by atoms with Gasteiger partial charge in [-0.25, -0.2) is 0 Å². The smallest absolute Gasteiger partial charge is 0.304 e. The third-order valence-electron chi connectivity index (χ3n) is 4.48. The first kappa shape index (κ1) is 21.4. The highest BCUT2D eigenvalue weighted by Crippen LogP contribution is 2.38. The SMILES string of the molecule is CNc1c(N)cc(C(CC(=O)O)c2ccc(Cl)c(CN(C)C=O)c2)cc1OC. The average Bonchev–Trinajstić information content (AvgIpc) is 2.66. The maximum Gasteiger partial charge on any atom is 0.304 e. The number of nitrogens with one attached hydrogen (secondary N) is 1. The minimum Gasteiger partial charge on any atom is -0.494 e. The molecule has 4 N–H and O–H groups in total. The first-order valence-corrected chi connectivity index (χ1v) is 8.99. The van der Waals surface area contributed by atoms with E-state index in [1.165, 1.54) is 12.0 Å². The van der Waals surface area contributed by atoms with E-state index in [0.29, 0.717) is 40.7 Å². The van der Waals surface area contributed by atoms with E-state index in [9.17, 15) is 14.7 Å². The summed E-state index contributed by atoms with van der Waals surface area (Å²) in [4.78, 5) is 23.9. The molecule has 1 amide bonds. The molecule has 0 aliphatic heterocycles. The summed E-state index contributed by atoms with van der Waals surface area (Å²) in [7, 11) is 4.91. The Kier molecular flexibility index (Phi) is 7.12. The van der Waals surface area contributed by atoms with Gasteiger partial charge < -0.3 is 25.8 Å². The number of nitrogen functional groups attached to an aromatic ring is 1. The summed E-state index contributed by atoms with van der Waals surface area (Å²) < 4.78 is 5.40. The van der Waals surface area contributed by atoms with Crippen molar-refractivity contribution in [3.05, 3.63) is 52.0 Å². The summed E-state index contributed by atoms with van der Waals surface area (Å²) in [5.41, 5.74) is 9.45. The van der Waals surface area contributed by atoms with E-state index in [2.05, 4.69) is 5.32 Å². The molecule has 28 heavy (non-hydrogen) atoms. The Morgan fingerprint density at radius 1 is 1.36 bits per heavy atom. The van der Waals surface area contributed by atoms with Crippen LogP contribution in [0.5, 0.6) is 5.75 Å². The zero-order valence-corrected chi connectivity index (χ0v) is 16.8. The molecule has 0 fully saturated rings. The predicted molar refractivity (Wildman–Crippen MR) is 110 cm³/mol. The molecule has 0 aliphatic carbocycles. The van der Waals surface area contributed by atoms with Gasteiger partial charge in [-0.15, -0.1) is 0 Å². The quantitative estimate of drug-likeness (QED) is 0.437. The number of benzene rings is 2. The van der Waals surface area contributed by atoms with Crippen LogP contribution >= 0.6 is 11.6 Å². The number of aliphatic carboxylic acids is 1. The lowest BCUT2D eigenvalue weighted by molar-refractivity contribution is -0.137. The molecule has 0 saturated carbocycles. The largest absolute Gasteiger partial charge is 0.494 e. The van der Waals surface area contributed by atoms with Gasteiger partial charge in [0.15, 0.2) is 0 Å². The number of nitrogens with zero attached hydrogens (tertiary/aromatic N) is 1. The number of rotatable bonds is 9. The third kappa shape index (κ3) is 4.86. The van der Waals surface area contributed by atoms with E-state index in [0.717, 1.165) is 11.1 Å². The molecule has 0 saturated heterocycles. The van der Waals surface area contributed by atoms with Gasteiger partial charge in [-0.05, 0) is 34.9 Å². The lowest BCUT2D eigenvalue weighted by Crippen LogP contribution is -2.16. The van der Waals surface area contributed by atoms with Crippen LogP contribution in [0.2, 0.25) is 5.02 Å². The summed E-state index contributed by atoms with van der Waals surface area (Å²) in [6, 6.07) is 8.84. The number of hydrogen-bond acceptors (Lipinski definition) is 5. The molecule has 0 radical (unpaired) electrons. The second-order valence-electron chi connectivity index (χ2n) is 6.46. The van der Waals surface area contributed by atoms with E-state index in [1.807, 2.05) is 6.07 Å². The molecule has 0 aromatic heterocycles. The van der Waals surface area contributed by atoms with Crippen molar-refractivity contribution in [1.29, 1.82) is 0 Å². The highest BCUT2D eigenvalue weighted by atomic mass is 35.5. The highest BCUT2D eigenvalue weighted by molar-refractivity contribution is 6.31. The molecule has 0 bridgehead atoms. The molecule has 8 heteroatoms. The maximum atomic E-state index is 11.5. The van der Waals surface area contributed by atoms with Crippen LogP contribution in [-0.2, 0) is 16.1 Å². The Balaban J connectivity index is 2.56. The number of halogens is 1. The minimum atomic E-state index is -0.943. The molecular formula is C20H24ClN3O4. The molecule has 1 unspecified atom stereocenters. The Hall–Kier alpha value is -2.93. The molecule has 2 aromatic rings. The fourth-order valence-corrected chi connectivity index (χ4v) is 3.31. The number of carbonyl (C=O) groups is 2. The van der Waals surface area contributed by atoms with Crippen molar-refractivity contribution >= 4 is 35.4 Å². The minimum absolute atomic E-state index is 0.133. The number of carbonyl (C=O) groups excluding carboxylic acids is 1. The van der Waals surface area contributed by atoms with Gasteiger partial charge in [-0.1, -0.05) is 23.7 Å². The third-order valence-corrected chi connectivity index (χ3v) is 4.85. The molecular weight excluding hydrogens is 382 g/mol. The standard InChI is InChI=1S/C20H24ClN3O4/c1-23-20-17(22)7-13(8-18(20)28-3)15(9-19(26)27)12-4-5-16(21)14(6-12)10-24(2)11-25/h4-8,11,15,23H,9-10,22H2,1-3H3,(H,26,27). The fourth-order valence-electron chi connectivity index (χ4n) is 3.13. The average molecular weight is 406 g/mol. The number of anilines is 2. The topological polar surface area (TPSA) is 105 Å². The zero-order chi connectivity index (χ0) is 20.8. The van der Waals surface area contributed by atoms with Gasteiger partial charge in [0.2, 0.25) is 6.41 Å². The summed E-state index contributed by atoms with van der Waals surface area (Å²) in [6.07, 6.45) is 0.575.